The molecule has 1 aromatic rings. The second kappa shape index (κ2) is 5.48. The van der Waals surface area contributed by atoms with Gasteiger partial charge in [0, 0.05) is 18.2 Å². The molecule has 1 heterocycles. The first-order valence-corrected chi connectivity index (χ1v) is 5.45. The minimum Gasteiger partial charge on any atom is -0.465 e. The summed E-state index contributed by atoms with van der Waals surface area (Å²) in [7, 11) is 1.31. The molecule has 98 valence electrons. The van der Waals surface area contributed by atoms with Crippen molar-refractivity contribution in [2.24, 2.45) is 5.73 Å². The predicted molar refractivity (Wildman–Crippen MR) is 67.1 cm³/mol. The number of carbonyl (C=O) groups is 2. The smallest absolute Gasteiger partial charge is 0.338 e. The Morgan fingerprint density at radius 1 is 1.50 bits per heavy atom. The van der Waals surface area contributed by atoms with Crippen molar-refractivity contribution in [2.75, 3.05) is 12.4 Å². The molecule has 3 N–H and O–H groups in total. The second-order valence-electron chi connectivity index (χ2n) is 4.57. The van der Waals surface area contributed by atoms with Gasteiger partial charge in [-0.05, 0) is 26.0 Å². The van der Waals surface area contributed by atoms with E-state index >= 15 is 0 Å². The summed E-state index contributed by atoms with van der Waals surface area (Å²) in [5.41, 5.74) is 5.02. The van der Waals surface area contributed by atoms with Gasteiger partial charge in [0.25, 0.3) is 0 Å². The summed E-state index contributed by atoms with van der Waals surface area (Å²) >= 11 is 0. The Bertz CT molecular complexity index is 458. The van der Waals surface area contributed by atoms with Gasteiger partial charge in [-0.3, -0.25) is 4.79 Å². The molecule has 6 nitrogen and oxygen atoms in total. The summed E-state index contributed by atoms with van der Waals surface area (Å²) in [5.74, 6) is -0.353. The summed E-state index contributed by atoms with van der Waals surface area (Å²) in [6, 6.07) is 3.12. The summed E-state index contributed by atoms with van der Waals surface area (Å²) < 4.78 is 4.62. The molecule has 0 aliphatic carbocycles. The second-order valence-corrected chi connectivity index (χ2v) is 4.57. The number of hydrogen-bond donors (Lipinski definition) is 2. The van der Waals surface area contributed by atoms with Gasteiger partial charge in [-0.25, -0.2) is 9.78 Å². The maximum atomic E-state index is 11.4. The van der Waals surface area contributed by atoms with Crippen molar-refractivity contribution in [1.29, 1.82) is 0 Å². The number of aromatic nitrogens is 1. The third kappa shape index (κ3) is 4.04. The predicted octanol–water partition coefficient (Wildman–Crippen LogP) is 0.934. The normalized spacial score (nSPS) is 10.8. The Hall–Kier alpha value is -2.11. The lowest BCUT2D eigenvalue weighted by atomic mass is 10.0. The standard InChI is InChI=1S/C12H17N3O3/c1-12(2,7-9(13)16)15-10-6-8(4-5-14-10)11(17)18-3/h4-6H,7H2,1-3H3,(H2,13,16)(H,14,15). The Kier molecular flexibility index (Phi) is 4.25. The van der Waals surface area contributed by atoms with Gasteiger partial charge in [0.15, 0.2) is 0 Å². The van der Waals surface area contributed by atoms with Gasteiger partial charge < -0.3 is 15.8 Å². The fourth-order valence-electron chi connectivity index (χ4n) is 1.57. The Balaban J connectivity index is 2.85. The van der Waals surface area contributed by atoms with Crippen molar-refractivity contribution < 1.29 is 14.3 Å². The molecule has 0 atom stereocenters. The first-order valence-electron chi connectivity index (χ1n) is 5.45. The van der Waals surface area contributed by atoms with Crippen molar-refractivity contribution >= 4 is 17.7 Å². The number of pyridine rings is 1. The molecular weight excluding hydrogens is 234 g/mol. The van der Waals surface area contributed by atoms with E-state index in [9.17, 15) is 9.59 Å². The topological polar surface area (TPSA) is 94.3 Å². The van der Waals surface area contributed by atoms with Crippen LogP contribution in [-0.2, 0) is 9.53 Å². The molecule has 0 radical (unpaired) electrons. The largest absolute Gasteiger partial charge is 0.465 e. The van der Waals surface area contributed by atoms with Gasteiger partial charge in [-0.15, -0.1) is 0 Å². The third-order valence-electron chi connectivity index (χ3n) is 2.26. The molecule has 1 amide bonds. The van der Waals surface area contributed by atoms with Crippen LogP contribution in [0.5, 0.6) is 0 Å². The molecule has 18 heavy (non-hydrogen) atoms. The van der Waals surface area contributed by atoms with E-state index < -0.39 is 17.4 Å². The van der Waals surface area contributed by atoms with E-state index in [-0.39, 0.29) is 6.42 Å². The number of amides is 1. The number of carbonyl (C=O) groups excluding carboxylic acids is 2. The lowest BCUT2D eigenvalue weighted by Crippen LogP contribution is -2.36. The molecule has 6 heteroatoms. The van der Waals surface area contributed by atoms with Crippen LogP contribution in [0.2, 0.25) is 0 Å². The van der Waals surface area contributed by atoms with Crippen LogP contribution in [0.25, 0.3) is 0 Å². The Morgan fingerprint density at radius 3 is 2.72 bits per heavy atom. The molecule has 1 aromatic heterocycles. The average molecular weight is 251 g/mol. The van der Waals surface area contributed by atoms with Crippen LogP contribution >= 0.6 is 0 Å². The highest BCUT2D eigenvalue weighted by Crippen LogP contribution is 2.17. The zero-order valence-electron chi connectivity index (χ0n) is 10.7. The Morgan fingerprint density at radius 2 is 2.17 bits per heavy atom. The maximum Gasteiger partial charge on any atom is 0.338 e. The number of primary amides is 1. The highest BCUT2D eigenvalue weighted by Gasteiger charge is 2.21. The van der Waals surface area contributed by atoms with Gasteiger partial charge >= 0.3 is 5.97 Å². The number of nitrogens with two attached hydrogens (primary N) is 1. The summed E-state index contributed by atoms with van der Waals surface area (Å²) in [6.45, 7) is 3.65. The number of anilines is 1. The molecule has 0 aromatic carbocycles. The van der Waals surface area contributed by atoms with Gasteiger partial charge in [0.2, 0.25) is 5.91 Å². The molecule has 0 fully saturated rings. The van der Waals surface area contributed by atoms with E-state index in [1.54, 1.807) is 12.1 Å². The zero-order chi connectivity index (χ0) is 13.8. The number of ether oxygens (including phenoxy) is 1. The van der Waals surface area contributed by atoms with Crippen molar-refractivity contribution in [3.05, 3.63) is 23.9 Å². The van der Waals surface area contributed by atoms with Gasteiger partial charge in [-0.2, -0.15) is 0 Å². The number of hydrogen-bond acceptors (Lipinski definition) is 5. The van der Waals surface area contributed by atoms with Crippen LogP contribution < -0.4 is 11.1 Å². The number of nitrogens with one attached hydrogen (secondary N) is 1. The molecule has 0 spiro atoms. The molecule has 0 bridgehead atoms. The van der Waals surface area contributed by atoms with Crippen LogP contribution in [0.15, 0.2) is 18.3 Å². The minimum atomic E-state index is -0.534. The van der Waals surface area contributed by atoms with Crippen LogP contribution in [0.4, 0.5) is 5.82 Å². The van der Waals surface area contributed by atoms with Gasteiger partial charge in [-0.1, -0.05) is 0 Å². The molecular formula is C12H17N3O3. The summed E-state index contributed by atoms with van der Waals surface area (Å²) in [5, 5.41) is 3.05. The van der Waals surface area contributed by atoms with Crippen LogP contribution in [0.1, 0.15) is 30.6 Å². The van der Waals surface area contributed by atoms with Crippen LogP contribution in [-0.4, -0.2) is 29.5 Å². The third-order valence-corrected chi connectivity index (χ3v) is 2.26. The van der Waals surface area contributed by atoms with E-state index in [1.165, 1.54) is 13.3 Å². The number of nitrogens with zero attached hydrogens (tertiary/aromatic N) is 1. The zero-order valence-corrected chi connectivity index (χ0v) is 10.7. The maximum absolute atomic E-state index is 11.4. The van der Waals surface area contributed by atoms with E-state index in [0.717, 1.165) is 0 Å². The fraction of sp³-hybridized carbons (Fsp3) is 0.417. The molecule has 0 saturated heterocycles. The quantitative estimate of drug-likeness (QED) is 0.759. The fourth-order valence-corrected chi connectivity index (χ4v) is 1.57. The highest BCUT2D eigenvalue weighted by molar-refractivity contribution is 5.90. The monoisotopic (exact) mass is 251 g/mol. The first kappa shape index (κ1) is 14.0. The minimum absolute atomic E-state index is 0.164. The van der Waals surface area contributed by atoms with E-state index in [4.69, 9.17) is 5.73 Å². The number of esters is 1. The molecule has 0 aliphatic rings. The van der Waals surface area contributed by atoms with E-state index in [1.807, 2.05) is 13.8 Å². The van der Waals surface area contributed by atoms with Crippen molar-refractivity contribution in [1.82, 2.24) is 4.98 Å². The average Bonchev–Trinajstić information content (AvgIpc) is 2.25. The van der Waals surface area contributed by atoms with Crippen molar-refractivity contribution in [3.63, 3.8) is 0 Å². The SMILES string of the molecule is COC(=O)c1ccnc(NC(C)(C)CC(N)=O)c1. The molecule has 0 saturated carbocycles. The lowest BCUT2D eigenvalue weighted by Gasteiger charge is -2.25. The Labute approximate surface area is 106 Å². The summed E-state index contributed by atoms with van der Waals surface area (Å²) in [6.07, 6.45) is 1.66. The van der Waals surface area contributed by atoms with Crippen LogP contribution in [0, 0.1) is 0 Å². The first-order chi connectivity index (χ1) is 8.34. The summed E-state index contributed by atoms with van der Waals surface area (Å²) in [4.78, 5) is 26.3. The van der Waals surface area contributed by atoms with E-state index in [0.29, 0.717) is 11.4 Å². The highest BCUT2D eigenvalue weighted by atomic mass is 16.5. The van der Waals surface area contributed by atoms with E-state index in [2.05, 4.69) is 15.0 Å². The molecule has 0 unspecified atom stereocenters. The number of methoxy groups -OCH3 is 1. The van der Waals surface area contributed by atoms with Crippen molar-refractivity contribution in [2.45, 2.75) is 25.8 Å². The molecule has 1 rings (SSSR count). The van der Waals surface area contributed by atoms with Crippen LogP contribution in [0.3, 0.4) is 0 Å². The number of rotatable bonds is 5. The van der Waals surface area contributed by atoms with Gasteiger partial charge in [0.1, 0.15) is 5.82 Å². The van der Waals surface area contributed by atoms with Gasteiger partial charge in [0.05, 0.1) is 12.7 Å². The lowest BCUT2D eigenvalue weighted by molar-refractivity contribution is -0.118. The van der Waals surface area contributed by atoms with Crippen molar-refractivity contribution in [3.8, 4) is 0 Å². The molecule has 0 aliphatic heterocycles.